The number of rotatable bonds is 11. The number of carbonyl (C=O) groups excluding carboxylic acids is 3. The molecular weight excluding hydrogens is 565 g/mol. The van der Waals surface area contributed by atoms with Gasteiger partial charge in [-0.3, -0.25) is 9.59 Å². The molecule has 1 atom stereocenters. The molecule has 40 heavy (non-hydrogen) atoms. The highest BCUT2D eigenvalue weighted by molar-refractivity contribution is 6.42. The first-order chi connectivity index (χ1) is 18.8. The van der Waals surface area contributed by atoms with Crippen molar-refractivity contribution in [3.63, 3.8) is 0 Å². The molecule has 1 aromatic carbocycles. The Morgan fingerprint density at radius 2 is 1.55 bits per heavy atom. The van der Waals surface area contributed by atoms with Gasteiger partial charge in [-0.15, -0.1) is 0 Å². The van der Waals surface area contributed by atoms with Crippen molar-refractivity contribution >= 4 is 47.3 Å². The molecule has 3 N–H and O–H groups in total. The van der Waals surface area contributed by atoms with E-state index in [0.717, 1.165) is 5.69 Å². The summed E-state index contributed by atoms with van der Waals surface area (Å²) < 4.78 is 18.5. The number of carboxylic acids is 1. The van der Waals surface area contributed by atoms with Gasteiger partial charge in [0, 0.05) is 40.9 Å². The lowest BCUT2D eigenvalue weighted by atomic mass is 10.0. The van der Waals surface area contributed by atoms with Crippen LogP contribution in [0.3, 0.4) is 0 Å². The quantitative estimate of drug-likeness (QED) is 0.240. The van der Waals surface area contributed by atoms with Gasteiger partial charge in [-0.1, -0.05) is 29.3 Å². The number of esters is 1. The molecule has 13 heteroatoms. The maximum atomic E-state index is 12.4. The van der Waals surface area contributed by atoms with Crippen molar-refractivity contribution in [1.29, 1.82) is 0 Å². The highest BCUT2D eigenvalue weighted by Crippen LogP contribution is 2.39. The Kier molecular flexibility index (Phi) is 10.7. The maximum absolute atomic E-state index is 12.4. The number of fused-ring (bicyclic) bond motifs is 1. The first-order valence-electron chi connectivity index (χ1n) is 12.8. The lowest BCUT2D eigenvalue weighted by molar-refractivity contribution is -0.151. The summed E-state index contributed by atoms with van der Waals surface area (Å²) in [4.78, 5) is 47.8. The van der Waals surface area contributed by atoms with Crippen molar-refractivity contribution in [2.45, 2.75) is 84.9 Å². The van der Waals surface area contributed by atoms with Crippen LogP contribution in [0.2, 0.25) is 10.0 Å². The van der Waals surface area contributed by atoms with Crippen molar-refractivity contribution in [2.75, 3.05) is 0 Å². The molecule has 11 nitrogen and oxygen atoms in total. The molecule has 0 radical (unpaired) electrons. The second kappa shape index (κ2) is 13.8. The van der Waals surface area contributed by atoms with Crippen LogP contribution in [0.25, 0.3) is 11.3 Å². The SMILES string of the molecule is CC(C)NC(=O)OCc1c(COC(=O)NC(C)C)c(-c2ccc(Cl)c(Cl)c2)n2c1C[C@@H](OC(=O)CCC(=O)O)C2. The van der Waals surface area contributed by atoms with Crippen LogP contribution in [0.1, 0.15) is 57.4 Å². The van der Waals surface area contributed by atoms with Gasteiger partial charge in [0.15, 0.2) is 0 Å². The van der Waals surface area contributed by atoms with E-state index in [2.05, 4.69) is 10.6 Å². The van der Waals surface area contributed by atoms with Gasteiger partial charge < -0.3 is 34.5 Å². The van der Waals surface area contributed by atoms with Crippen LogP contribution in [0.15, 0.2) is 18.2 Å². The van der Waals surface area contributed by atoms with Gasteiger partial charge in [-0.25, -0.2) is 9.59 Å². The average molecular weight is 598 g/mol. The van der Waals surface area contributed by atoms with E-state index in [-0.39, 0.29) is 51.1 Å². The van der Waals surface area contributed by atoms with E-state index >= 15 is 0 Å². The number of alkyl carbamates (subject to hydrolysis) is 2. The van der Waals surface area contributed by atoms with Crippen LogP contribution in [0.5, 0.6) is 0 Å². The topological polar surface area (TPSA) is 145 Å². The highest BCUT2D eigenvalue weighted by Gasteiger charge is 2.34. The summed E-state index contributed by atoms with van der Waals surface area (Å²) in [5.74, 6) is -1.72. The molecule has 3 rings (SSSR count). The zero-order valence-corrected chi connectivity index (χ0v) is 24.2. The molecule has 0 aliphatic carbocycles. The molecule has 0 bridgehead atoms. The first-order valence-corrected chi connectivity index (χ1v) is 13.6. The summed E-state index contributed by atoms with van der Waals surface area (Å²) in [5.41, 5.74) is 3.21. The average Bonchev–Trinajstić information content (AvgIpc) is 3.36. The molecule has 1 aliphatic heterocycles. The minimum Gasteiger partial charge on any atom is -0.481 e. The fourth-order valence-corrected chi connectivity index (χ4v) is 4.66. The molecule has 218 valence electrons. The van der Waals surface area contributed by atoms with Crippen molar-refractivity contribution in [2.24, 2.45) is 0 Å². The fourth-order valence-electron chi connectivity index (χ4n) is 4.36. The molecule has 2 heterocycles. The zero-order valence-electron chi connectivity index (χ0n) is 22.7. The van der Waals surface area contributed by atoms with Gasteiger partial charge in [-0.2, -0.15) is 0 Å². The lowest BCUT2D eigenvalue weighted by Gasteiger charge is -2.17. The van der Waals surface area contributed by atoms with Crippen LogP contribution in [0, 0.1) is 0 Å². The van der Waals surface area contributed by atoms with Gasteiger partial charge in [0.1, 0.15) is 19.3 Å². The summed E-state index contributed by atoms with van der Waals surface area (Å²) in [6.45, 7) is 7.18. The number of carbonyl (C=O) groups is 4. The third-order valence-electron chi connectivity index (χ3n) is 5.94. The summed E-state index contributed by atoms with van der Waals surface area (Å²) in [6, 6.07) is 4.79. The second-order valence-corrected chi connectivity index (χ2v) is 10.8. The van der Waals surface area contributed by atoms with E-state index in [1.54, 1.807) is 45.9 Å². The molecule has 0 saturated heterocycles. The number of carboxylic acid groups (broad SMARTS) is 1. The first kappa shape index (κ1) is 31.1. The Morgan fingerprint density at radius 1 is 0.950 bits per heavy atom. The monoisotopic (exact) mass is 597 g/mol. The number of aromatic nitrogens is 1. The number of ether oxygens (including phenoxy) is 3. The van der Waals surface area contributed by atoms with Crippen LogP contribution < -0.4 is 10.6 Å². The van der Waals surface area contributed by atoms with E-state index in [9.17, 15) is 19.2 Å². The number of hydrogen-bond acceptors (Lipinski definition) is 7. The van der Waals surface area contributed by atoms with E-state index in [1.165, 1.54) is 0 Å². The van der Waals surface area contributed by atoms with Gasteiger partial charge in [0.05, 0.1) is 35.1 Å². The van der Waals surface area contributed by atoms with E-state index in [0.29, 0.717) is 32.4 Å². The van der Waals surface area contributed by atoms with Crippen molar-refractivity contribution in [1.82, 2.24) is 15.2 Å². The van der Waals surface area contributed by atoms with Crippen molar-refractivity contribution in [3.8, 4) is 11.3 Å². The number of nitrogens with one attached hydrogen (secondary N) is 2. The number of halogens is 2. The predicted molar refractivity (Wildman–Crippen MR) is 147 cm³/mol. The van der Waals surface area contributed by atoms with Crippen LogP contribution >= 0.6 is 23.2 Å². The summed E-state index contributed by atoms with van der Waals surface area (Å²) in [7, 11) is 0. The van der Waals surface area contributed by atoms with Crippen molar-refractivity contribution in [3.05, 3.63) is 45.1 Å². The molecule has 0 unspecified atom stereocenters. The predicted octanol–water partition coefficient (Wildman–Crippen LogP) is 5.06. The van der Waals surface area contributed by atoms with Crippen LogP contribution in [0.4, 0.5) is 9.59 Å². The third kappa shape index (κ3) is 8.28. The number of hydrogen-bond donors (Lipinski definition) is 3. The maximum Gasteiger partial charge on any atom is 0.407 e. The molecular formula is C27H33Cl2N3O8. The Labute approximate surface area is 242 Å². The largest absolute Gasteiger partial charge is 0.481 e. The van der Waals surface area contributed by atoms with E-state index in [4.69, 9.17) is 42.5 Å². The molecule has 0 saturated carbocycles. The standard InChI is InChI=1S/C27H33Cl2N3O8/c1-14(2)30-26(36)38-12-18-19(13-39-27(37)31-15(3)4)25(16-5-6-20(28)21(29)9-16)32-11-17(10-22(18)32)40-24(35)8-7-23(33)34/h5-6,9,14-15,17H,7-8,10-13H2,1-4H3,(H,30,36)(H,31,37)(H,33,34)/t17-/m1/s1. The number of benzene rings is 1. The number of aliphatic carboxylic acids is 1. The highest BCUT2D eigenvalue weighted by atomic mass is 35.5. The molecule has 1 aliphatic rings. The van der Waals surface area contributed by atoms with E-state index in [1.807, 2.05) is 4.57 Å². The molecule has 0 fully saturated rings. The minimum absolute atomic E-state index is 0.137. The van der Waals surface area contributed by atoms with Crippen molar-refractivity contribution < 1.29 is 38.5 Å². The summed E-state index contributed by atoms with van der Waals surface area (Å²) in [5, 5.41) is 14.9. The van der Waals surface area contributed by atoms with Gasteiger partial charge >= 0.3 is 24.1 Å². The Balaban J connectivity index is 2.02. The third-order valence-corrected chi connectivity index (χ3v) is 6.68. The summed E-state index contributed by atoms with van der Waals surface area (Å²) in [6.07, 6.45) is -2.14. The molecule has 2 amide bonds. The second-order valence-electron chi connectivity index (χ2n) is 9.95. The molecule has 0 spiro atoms. The van der Waals surface area contributed by atoms with Gasteiger partial charge in [0.25, 0.3) is 0 Å². The lowest BCUT2D eigenvalue weighted by Crippen LogP contribution is -2.31. The smallest absolute Gasteiger partial charge is 0.407 e. The Hall–Kier alpha value is -3.44. The van der Waals surface area contributed by atoms with Crippen LogP contribution in [-0.4, -0.2) is 52.0 Å². The Morgan fingerprint density at radius 3 is 2.10 bits per heavy atom. The molecule has 2 aromatic rings. The zero-order chi connectivity index (χ0) is 29.6. The normalized spacial score (nSPS) is 14.2. The van der Waals surface area contributed by atoms with Crippen LogP contribution in [-0.2, 0) is 50.0 Å². The van der Waals surface area contributed by atoms with Gasteiger partial charge in [0.2, 0.25) is 0 Å². The Bertz CT molecular complexity index is 1270. The molecule has 1 aromatic heterocycles. The number of nitrogens with zero attached hydrogens (tertiary/aromatic N) is 1. The van der Waals surface area contributed by atoms with E-state index < -0.39 is 30.2 Å². The fraction of sp³-hybridized carbons (Fsp3) is 0.481. The number of amides is 2. The van der Waals surface area contributed by atoms with Gasteiger partial charge in [-0.05, 0) is 39.8 Å². The summed E-state index contributed by atoms with van der Waals surface area (Å²) >= 11 is 12.5. The minimum atomic E-state index is -1.10.